The number of sulfonamides is 1. The van der Waals surface area contributed by atoms with Gasteiger partial charge in [-0.15, -0.1) is 0 Å². The topological polar surface area (TPSA) is 83.6 Å². The van der Waals surface area contributed by atoms with E-state index in [-0.39, 0.29) is 9.79 Å². The van der Waals surface area contributed by atoms with E-state index in [0.29, 0.717) is 12.2 Å². The molecule has 1 rings (SSSR count). The molecule has 0 aliphatic heterocycles. The van der Waals surface area contributed by atoms with E-state index in [0.717, 1.165) is 10.6 Å². The zero-order valence-corrected chi connectivity index (χ0v) is 13.0. The van der Waals surface area contributed by atoms with Crippen LogP contribution in [0, 0.1) is 0 Å². The lowest BCUT2D eigenvalue weighted by Gasteiger charge is -2.18. The zero-order valence-electron chi connectivity index (χ0n) is 11.3. The molecule has 0 spiro atoms. The third kappa shape index (κ3) is 3.26. The van der Waals surface area contributed by atoms with Gasteiger partial charge in [0.15, 0.2) is 9.84 Å². The van der Waals surface area contributed by atoms with Gasteiger partial charge in [-0.1, -0.05) is 6.92 Å². The van der Waals surface area contributed by atoms with Gasteiger partial charge in [-0.3, -0.25) is 0 Å². The van der Waals surface area contributed by atoms with Crippen LogP contribution in [-0.4, -0.2) is 48.0 Å². The Morgan fingerprint density at radius 2 is 1.79 bits per heavy atom. The molecule has 0 aromatic heterocycles. The Kier molecular flexibility index (Phi) is 4.59. The summed E-state index contributed by atoms with van der Waals surface area (Å²) in [5, 5.41) is 2.76. The Hall–Kier alpha value is -1.12. The predicted molar refractivity (Wildman–Crippen MR) is 74.6 cm³/mol. The van der Waals surface area contributed by atoms with E-state index in [1.165, 1.54) is 25.2 Å². The first-order chi connectivity index (χ1) is 8.64. The minimum atomic E-state index is -3.71. The molecule has 0 saturated carbocycles. The maximum absolute atomic E-state index is 12.3. The summed E-state index contributed by atoms with van der Waals surface area (Å²) in [7, 11) is -4.13. The fraction of sp³-hybridized carbons (Fsp3) is 0.455. The number of benzene rings is 1. The van der Waals surface area contributed by atoms with Crippen LogP contribution in [0.3, 0.4) is 0 Å². The summed E-state index contributed by atoms with van der Waals surface area (Å²) in [6.45, 7) is 2.01. The van der Waals surface area contributed by atoms with Gasteiger partial charge in [-0.25, -0.2) is 21.1 Å². The molecule has 108 valence electrons. The smallest absolute Gasteiger partial charge is 0.244 e. The van der Waals surface area contributed by atoms with E-state index in [1.54, 1.807) is 14.0 Å². The first-order valence-corrected chi connectivity index (χ1v) is 8.96. The van der Waals surface area contributed by atoms with Crippen LogP contribution >= 0.6 is 0 Å². The first-order valence-electron chi connectivity index (χ1n) is 5.62. The van der Waals surface area contributed by atoms with Crippen LogP contribution in [0.25, 0.3) is 0 Å². The Labute approximate surface area is 114 Å². The molecule has 0 radical (unpaired) electrons. The van der Waals surface area contributed by atoms with Crippen molar-refractivity contribution in [3.05, 3.63) is 18.2 Å². The van der Waals surface area contributed by atoms with Crippen molar-refractivity contribution in [2.45, 2.75) is 16.7 Å². The number of sulfone groups is 1. The molecular formula is C11H18N2O4S2. The van der Waals surface area contributed by atoms with Crippen LogP contribution in [0.2, 0.25) is 0 Å². The summed E-state index contributed by atoms with van der Waals surface area (Å²) >= 11 is 0. The summed E-state index contributed by atoms with van der Waals surface area (Å²) in [4.78, 5) is -0.0585. The molecule has 0 atom stereocenters. The predicted octanol–water partition coefficient (Wildman–Crippen LogP) is 0.772. The fourth-order valence-electron chi connectivity index (χ4n) is 1.49. The van der Waals surface area contributed by atoms with E-state index in [9.17, 15) is 16.8 Å². The number of rotatable bonds is 5. The zero-order chi connectivity index (χ0) is 14.8. The van der Waals surface area contributed by atoms with Gasteiger partial charge in [0.05, 0.1) is 10.6 Å². The molecule has 8 heteroatoms. The number of anilines is 1. The van der Waals surface area contributed by atoms with Crippen molar-refractivity contribution >= 4 is 25.5 Å². The van der Waals surface area contributed by atoms with Gasteiger partial charge in [0.25, 0.3) is 0 Å². The van der Waals surface area contributed by atoms with Gasteiger partial charge in [-0.2, -0.15) is 0 Å². The van der Waals surface area contributed by atoms with Gasteiger partial charge in [0.2, 0.25) is 10.0 Å². The lowest BCUT2D eigenvalue weighted by atomic mass is 10.3. The molecule has 0 unspecified atom stereocenters. The van der Waals surface area contributed by atoms with Crippen LogP contribution in [0.4, 0.5) is 5.69 Å². The average molecular weight is 306 g/mol. The molecule has 0 saturated heterocycles. The van der Waals surface area contributed by atoms with Crippen molar-refractivity contribution in [1.82, 2.24) is 4.31 Å². The lowest BCUT2D eigenvalue weighted by Crippen LogP contribution is -2.27. The minimum absolute atomic E-state index is 0.0189. The number of hydrogen-bond donors (Lipinski definition) is 1. The van der Waals surface area contributed by atoms with Crippen molar-refractivity contribution < 1.29 is 16.8 Å². The van der Waals surface area contributed by atoms with Crippen LogP contribution in [0.15, 0.2) is 28.0 Å². The SMILES string of the molecule is CCN(C)S(=O)(=O)c1cc(S(C)(=O)=O)ccc1NC. The molecule has 0 fully saturated rings. The molecular weight excluding hydrogens is 288 g/mol. The highest BCUT2D eigenvalue weighted by Crippen LogP contribution is 2.26. The third-order valence-electron chi connectivity index (χ3n) is 2.78. The van der Waals surface area contributed by atoms with E-state index in [4.69, 9.17) is 0 Å². The number of nitrogens with zero attached hydrogens (tertiary/aromatic N) is 1. The van der Waals surface area contributed by atoms with Crippen LogP contribution in [-0.2, 0) is 19.9 Å². The first kappa shape index (κ1) is 15.9. The Balaban J connectivity index is 3.57. The standard InChI is InChI=1S/C11H18N2O4S2/c1-5-13(3)19(16,17)11-8-9(18(4,14)15)6-7-10(11)12-2/h6-8,12H,5H2,1-4H3. The Morgan fingerprint density at radius 1 is 1.21 bits per heavy atom. The maximum Gasteiger partial charge on any atom is 0.244 e. The van der Waals surface area contributed by atoms with E-state index in [1.807, 2.05) is 0 Å². The van der Waals surface area contributed by atoms with Crippen LogP contribution in [0.5, 0.6) is 0 Å². The van der Waals surface area contributed by atoms with Crippen molar-refractivity contribution in [3.63, 3.8) is 0 Å². The minimum Gasteiger partial charge on any atom is -0.387 e. The van der Waals surface area contributed by atoms with Crippen molar-refractivity contribution in [2.24, 2.45) is 0 Å². The van der Waals surface area contributed by atoms with Crippen LogP contribution in [0.1, 0.15) is 6.92 Å². The second kappa shape index (κ2) is 5.48. The molecule has 1 aromatic rings. The Bertz CT molecular complexity index is 666. The highest BCUT2D eigenvalue weighted by atomic mass is 32.2. The molecule has 0 heterocycles. The number of hydrogen-bond acceptors (Lipinski definition) is 5. The molecule has 0 aliphatic carbocycles. The van der Waals surface area contributed by atoms with Crippen LogP contribution < -0.4 is 5.32 Å². The molecule has 19 heavy (non-hydrogen) atoms. The molecule has 1 N–H and O–H groups in total. The summed E-state index contributed by atoms with van der Waals surface area (Å²) in [5.41, 5.74) is 0.368. The quantitative estimate of drug-likeness (QED) is 0.869. The van der Waals surface area contributed by atoms with Gasteiger partial charge in [-0.05, 0) is 18.2 Å². The van der Waals surface area contributed by atoms with Gasteiger partial charge < -0.3 is 5.32 Å². The van der Waals surface area contributed by atoms with Gasteiger partial charge in [0.1, 0.15) is 4.90 Å². The second-order valence-electron chi connectivity index (χ2n) is 4.10. The number of nitrogens with one attached hydrogen (secondary N) is 1. The lowest BCUT2D eigenvalue weighted by molar-refractivity contribution is 0.486. The largest absolute Gasteiger partial charge is 0.387 e. The Morgan fingerprint density at radius 3 is 2.21 bits per heavy atom. The fourth-order valence-corrected chi connectivity index (χ4v) is 3.61. The average Bonchev–Trinajstić information content (AvgIpc) is 2.35. The highest BCUT2D eigenvalue weighted by Gasteiger charge is 2.24. The van der Waals surface area contributed by atoms with Gasteiger partial charge >= 0.3 is 0 Å². The molecule has 0 amide bonds. The summed E-state index contributed by atoms with van der Waals surface area (Å²) in [5.74, 6) is 0. The van der Waals surface area contributed by atoms with Gasteiger partial charge in [0, 0.05) is 26.9 Å². The second-order valence-corrected chi connectivity index (χ2v) is 8.13. The van der Waals surface area contributed by atoms with Crippen molar-refractivity contribution in [3.8, 4) is 0 Å². The van der Waals surface area contributed by atoms with E-state index in [2.05, 4.69) is 5.32 Å². The molecule has 6 nitrogen and oxygen atoms in total. The normalized spacial score (nSPS) is 12.7. The van der Waals surface area contributed by atoms with E-state index >= 15 is 0 Å². The summed E-state index contributed by atoms with van der Waals surface area (Å²) in [6.07, 6.45) is 1.04. The molecule has 0 aliphatic rings. The molecule has 1 aromatic carbocycles. The third-order valence-corrected chi connectivity index (χ3v) is 5.87. The monoisotopic (exact) mass is 306 g/mol. The van der Waals surface area contributed by atoms with Crippen molar-refractivity contribution in [2.75, 3.05) is 32.2 Å². The van der Waals surface area contributed by atoms with Crippen molar-refractivity contribution in [1.29, 1.82) is 0 Å². The highest BCUT2D eigenvalue weighted by molar-refractivity contribution is 7.91. The van der Waals surface area contributed by atoms with E-state index < -0.39 is 19.9 Å². The summed E-state index contributed by atoms with van der Waals surface area (Å²) in [6, 6.07) is 4.02. The summed E-state index contributed by atoms with van der Waals surface area (Å²) < 4.78 is 48.8. The maximum atomic E-state index is 12.3. The molecule has 0 bridgehead atoms.